The molecule has 4 N–H and O–H groups in total. The van der Waals surface area contributed by atoms with Crippen LogP contribution in [0.3, 0.4) is 0 Å². The first kappa shape index (κ1) is 18.9. The van der Waals surface area contributed by atoms with E-state index in [-0.39, 0.29) is 37.3 Å². The number of benzene rings is 1. The first-order valence-corrected chi connectivity index (χ1v) is 7.00. The summed E-state index contributed by atoms with van der Waals surface area (Å²) in [5, 5.41) is 5.21. The second kappa shape index (κ2) is 7.43. The molecule has 0 bridgehead atoms. The molecular weight excluding hydrogens is 320 g/mol. The van der Waals surface area contributed by atoms with Crippen molar-refractivity contribution in [3.8, 4) is 0 Å². The van der Waals surface area contributed by atoms with Crippen molar-refractivity contribution in [2.45, 2.75) is 25.9 Å². The lowest BCUT2D eigenvalue weighted by Crippen LogP contribution is -2.45. The van der Waals surface area contributed by atoms with E-state index in [9.17, 15) is 14.4 Å². The summed E-state index contributed by atoms with van der Waals surface area (Å²) in [6.07, 6.45) is 0. The summed E-state index contributed by atoms with van der Waals surface area (Å²) in [4.78, 5) is 36.3. The second-order valence-corrected chi connectivity index (χ2v) is 6.01. The van der Waals surface area contributed by atoms with E-state index in [0.29, 0.717) is 17.7 Å². The van der Waals surface area contributed by atoms with Gasteiger partial charge in [-0.1, -0.05) is 12.1 Å². The third kappa shape index (κ3) is 5.22. The Balaban J connectivity index is 0.00000264. The summed E-state index contributed by atoms with van der Waals surface area (Å²) < 4.78 is 0. The molecule has 1 aromatic carbocycles. The molecule has 4 amide bonds. The summed E-state index contributed by atoms with van der Waals surface area (Å²) in [6.45, 7) is 4.16. The smallest absolute Gasteiger partial charge is 0.324 e. The molecule has 1 aliphatic heterocycles. The highest BCUT2D eigenvalue weighted by Gasteiger charge is 2.28. The van der Waals surface area contributed by atoms with Gasteiger partial charge < -0.3 is 16.4 Å². The molecule has 0 unspecified atom stereocenters. The molecule has 1 aromatic rings. The van der Waals surface area contributed by atoms with Crippen LogP contribution in [0, 0.1) is 0 Å². The van der Waals surface area contributed by atoms with E-state index in [2.05, 4.69) is 10.6 Å². The van der Waals surface area contributed by atoms with Gasteiger partial charge in [-0.15, -0.1) is 12.4 Å². The number of hydrogen-bond donors (Lipinski definition) is 3. The van der Waals surface area contributed by atoms with E-state index in [0.717, 1.165) is 4.90 Å². The number of rotatable bonds is 5. The molecular formula is C15H21ClN4O3. The molecule has 0 radical (unpaired) electrons. The maximum absolute atomic E-state index is 12.1. The zero-order valence-electron chi connectivity index (χ0n) is 13.1. The maximum atomic E-state index is 12.1. The minimum atomic E-state index is -0.493. The van der Waals surface area contributed by atoms with Crippen molar-refractivity contribution in [2.24, 2.45) is 5.73 Å². The topological polar surface area (TPSA) is 105 Å². The number of nitrogens with one attached hydrogen (secondary N) is 2. The quantitative estimate of drug-likeness (QED) is 0.684. The van der Waals surface area contributed by atoms with Gasteiger partial charge in [0.2, 0.25) is 5.91 Å². The molecule has 0 aromatic heterocycles. The Labute approximate surface area is 141 Å². The summed E-state index contributed by atoms with van der Waals surface area (Å²) in [5.41, 5.74) is 6.51. The molecule has 126 valence electrons. The average molecular weight is 341 g/mol. The molecule has 0 aliphatic carbocycles. The largest absolute Gasteiger partial charge is 0.350 e. The van der Waals surface area contributed by atoms with E-state index in [1.807, 2.05) is 13.8 Å². The fourth-order valence-corrected chi connectivity index (χ4v) is 2.02. The van der Waals surface area contributed by atoms with Gasteiger partial charge in [0.1, 0.15) is 0 Å². The molecule has 1 heterocycles. The average Bonchev–Trinajstić information content (AvgIpc) is 2.76. The fourth-order valence-electron chi connectivity index (χ4n) is 2.02. The van der Waals surface area contributed by atoms with Crippen LogP contribution >= 0.6 is 12.4 Å². The van der Waals surface area contributed by atoms with Crippen molar-refractivity contribution in [1.29, 1.82) is 0 Å². The fraction of sp³-hybridized carbons (Fsp3) is 0.400. The van der Waals surface area contributed by atoms with Gasteiger partial charge >= 0.3 is 6.03 Å². The van der Waals surface area contributed by atoms with Crippen LogP contribution in [0.2, 0.25) is 0 Å². The Kier molecular flexibility index (Phi) is 6.12. The third-order valence-electron chi connectivity index (χ3n) is 3.17. The van der Waals surface area contributed by atoms with E-state index in [1.54, 1.807) is 24.3 Å². The van der Waals surface area contributed by atoms with Crippen LogP contribution in [0.1, 0.15) is 29.8 Å². The minimum Gasteiger partial charge on any atom is -0.350 e. The maximum Gasteiger partial charge on any atom is 0.324 e. The summed E-state index contributed by atoms with van der Waals surface area (Å²) in [7, 11) is 0. The van der Waals surface area contributed by atoms with Gasteiger partial charge in [0.05, 0.1) is 13.1 Å². The number of nitrogens with two attached hydrogens (primary N) is 1. The lowest BCUT2D eigenvalue weighted by atomic mass is 10.1. The van der Waals surface area contributed by atoms with Crippen LogP contribution in [0.5, 0.6) is 0 Å². The highest BCUT2D eigenvalue weighted by atomic mass is 35.5. The van der Waals surface area contributed by atoms with Crippen LogP contribution in [0.4, 0.5) is 4.79 Å². The van der Waals surface area contributed by atoms with Crippen molar-refractivity contribution in [1.82, 2.24) is 15.5 Å². The lowest BCUT2D eigenvalue weighted by molar-refractivity contribution is -0.125. The first-order chi connectivity index (χ1) is 10.3. The Morgan fingerprint density at radius 3 is 2.65 bits per heavy atom. The Morgan fingerprint density at radius 1 is 1.39 bits per heavy atom. The van der Waals surface area contributed by atoms with E-state index >= 15 is 0 Å². The SMILES string of the molecule is CC(C)(N)CNC(=O)c1cccc(CN2C(=O)CNC2=O)c1.Cl. The van der Waals surface area contributed by atoms with Crippen molar-refractivity contribution >= 4 is 30.3 Å². The van der Waals surface area contributed by atoms with Crippen molar-refractivity contribution < 1.29 is 14.4 Å². The van der Waals surface area contributed by atoms with Crippen LogP contribution in [-0.4, -0.2) is 41.4 Å². The highest BCUT2D eigenvalue weighted by Crippen LogP contribution is 2.11. The summed E-state index contributed by atoms with van der Waals surface area (Å²) >= 11 is 0. The van der Waals surface area contributed by atoms with Gasteiger partial charge in [-0.2, -0.15) is 0 Å². The molecule has 1 fully saturated rings. The lowest BCUT2D eigenvalue weighted by Gasteiger charge is -2.19. The van der Waals surface area contributed by atoms with Crippen LogP contribution in [0.15, 0.2) is 24.3 Å². The van der Waals surface area contributed by atoms with E-state index in [4.69, 9.17) is 5.73 Å². The van der Waals surface area contributed by atoms with Crippen LogP contribution in [0.25, 0.3) is 0 Å². The monoisotopic (exact) mass is 340 g/mol. The predicted octanol–water partition coefficient (Wildman–Crippen LogP) is 0.627. The van der Waals surface area contributed by atoms with E-state index in [1.165, 1.54) is 0 Å². The minimum absolute atomic E-state index is 0. The number of hydrogen-bond acceptors (Lipinski definition) is 4. The number of carbonyl (C=O) groups is 3. The van der Waals surface area contributed by atoms with Gasteiger partial charge in [0.25, 0.3) is 5.91 Å². The molecule has 7 nitrogen and oxygen atoms in total. The number of nitrogens with zero attached hydrogens (tertiary/aromatic N) is 1. The van der Waals surface area contributed by atoms with Crippen molar-refractivity contribution in [2.75, 3.05) is 13.1 Å². The zero-order valence-corrected chi connectivity index (χ0v) is 13.9. The Bertz CT molecular complexity index is 597. The normalized spacial score (nSPS) is 14.3. The summed E-state index contributed by atoms with van der Waals surface area (Å²) in [6, 6.07) is 6.41. The van der Waals surface area contributed by atoms with Crippen LogP contribution < -0.4 is 16.4 Å². The van der Waals surface area contributed by atoms with Gasteiger partial charge in [-0.05, 0) is 31.5 Å². The second-order valence-electron chi connectivity index (χ2n) is 6.01. The number of amides is 4. The highest BCUT2D eigenvalue weighted by molar-refractivity contribution is 6.02. The molecule has 1 saturated heterocycles. The first-order valence-electron chi connectivity index (χ1n) is 7.00. The third-order valence-corrected chi connectivity index (χ3v) is 3.17. The molecule has 2 rings (SSSR count). The predicted molar refractivity (Wildman–Crippen MR) is 88.2 cm³/mol. The van der Waals surface area contributed by atoms with Gasteiger partial charge in [-0.3, -0.25) is 14.5 Å². The number of halogens is 1. The summed E-state index contributed by atoms with van der Waals surface area (Å²) in [5.74, 6) is -0.512. The van der Waals surface area contributed by atoms with Crippen LogP contribution in [-0.2, 0) is 11.3 Å². The van der Waals surface area contributed by atoms with Crippen molar-refractivity contribution in [3.05, 3.63) is 35.4 Å². The number of imide groups is 1. The van der Waals surface area contributed by atoms with Gasteiger partial charge in [0.15, 0.2) is 0 Å². The molecule has 1 aliphatic rings. The van der Waals surface area contributed by atoms with Gasteiger partial charge in [-0.25, -0.2) is 4.79 Å². The number of carbonyl (C=O) groups excluding carboxylic acids is 3. The molecule has 0 atom stereocenters. The standard InChI is InChI=1S/C15H20N4O3.ClH/c1-15(2,16)9-18-13(21)11-5-3-4-10(6-11)8-19-12(20)7-17-14(19)22;/h3-6H,7-9,16H2,1-2H3,(H,17,22)(H,18,21);1H. The Hall–Kier alpha value is -2.12. The number of urea groups is 1. The molecule has 8 heteroatoms. The van der Waals surface area contributed by atoms with E-state index < -0.39 is 11.6 Å². The van der Waals surface area contributed by atoms with Crippen molar-refractivity contribution in [3.63, 3.8) is 0 Å². The molecule has 23 heavy (non-hydrogen) atoms. The Morgan fingerprint density at radius 2 is 2.09 bits per heavy atom. The molecule has 0 saturated carbocycles. The molecule has 0 spiro atoms. The zero-order chi connectivity index (χ0) is 16.3. The van der Waals surface area contributed by atoms with Gasteiger partial charge in [0, 0.05) is 17.6 Å².